The lowest BCUT2D eigenvalue weighted by atomic mass is 9.96. The predicted molar refractivity (Wildman–Crippen MR) is 149 cm³/mol. The number of carbonyl (C=O) groups excluding carboxylic acids is 4. The number of benzene rings is 1. The average molecular weight is 563 g/mol. The molecule has 1 aromatic rings. The number of hydrogen-bond donors (Lipinski definition) is 8. The van der Waals surface area contributed by atoms with Crippen molar-refractivity contribution in [3.63, 3.8) is 0 Å². The summed E-state index contributed by atoms with van der Waals surface area (Å²) in [5.41, 5.74) is 22.7. The summed E-state index contributed by atoms with van der Waals surface area (Å²) in [6, 6.07) is 4.60. The van der Waals surface area contributed by atoms with Gasteiger partial charge in [-0.3, -0.25) is 24.2 Å². The van der Waals surface area contributed by atoms with Gasteiger partial charge in [0.25, 0.3) is 0 Å². The summed E-state index contributed by atoms with van der Waals surface area (Å²) in [7, 11) is 0. The zero-order chi connectivity index (χ0) is 30.2. The molecule has 0 fully saturated rings. The summed E-state index contributed by atoms with van der Waals surface area (Å²) in [6.45, 7) is 3.74. The number of aliphatic carboxylic acids is 1. The van der Waals surface area contributed by atoms with Gasteiger partial charge in [0.2, 0.25) is 23.6 Å². The Morgan fingerprint density at radius 2 is 1.52 bits per heavy atom. The van der Waals surface area contributed by atoms with Crippen LogP contribution in [0.3, 0.4) is 0 Å². The maximum atomic E-state index is 13.3. The van der Waals surface area contributed by atoms with E-state index in [0.29, 0.717) is 6.42 Å². The number of rotatable bonds is 18. The van der Waals surface area contributed by atoms with E-state index in [4.69, 9.17) is 22.9 Å². The second-order valence-electron chi connectivity index (χ2n) is 9.58. The molecule has 0 saturated heterocycles. The van der Waals surface area contributed by atoms with Crippen molar-refractivity contribution in [1.82, 2.24) is 16.0 Å². The van der Waals surface area contributed by atoms with Crippen LogP contribution in [-0.2, 0) is 30.4 Å². The highest BCUT2D eigenvalue weighted by atomic mass is 16.4. The lowest BCUT2D eigenvalue weighted by Crippen LogP contribution is -2.58. The highest BCUT2D eigenvalue weighted by molar-refractivity contribution is 5.94. The third-order valence-corrected chi connectivity index (χ3v) is 6.30. The van der Waals surface area contributed by atoms with Gasteiger partial charge in [0.15, 0.2) is 5.96 Å². The molecular formula is C26H42N8O6. The number of carboxylic acid groups (broad SMARTS) is 1. The molecule has 0 aliphatic rings. The molecule has 5 atom stereocenters. The van der Waals surface area contributed by atoms with Crippen LogP contribution in [0.1, 0.15) is 51.5 Å². The predicted octanol–water partition coefficient (Wildman–Crippen LogP) is -1.54. The Hall–Kier alpha value is -4.20. The Morgan fingerprint density at radius 1 is 0.900 bits per heavy atom. The molecule has 1 aromatic carbocycles. The van der Waals surface area contributed by atoms with Crippen LogP contribution < -0.4 is 38.9 Å². The standard InChI is InChI=1S/C26H42N8O6/c1-3-15(2)21(34-22(36)17(27)14-16-8-5-4-6-9-16)24(38)32-18(11-12-20(28)35)23(37)33-19(25(39)40)10-7-13-31-26(29)30/h4-6,8-9,15,17-19,21H,3,7,10-14,27H2,1-2H3,(H2,28,35)(H,32,38)(H,33,37)(H,34,36)(H,39,40)(H4,29,30,31). The summed E-state index contributed by atoms with van der Waals surface area (Å²) in [6.07, 6.45) is 0.620. The third kappa shape index (κ3) is 12.6. The monoisotopic (exact) mass is 562 g/mol. The number of nitrogens with zero attached hydrogens (tertiary/aromatic N) is 1. The van der Waals surface area contributed by atoms with Crippen molar-refractivity contribution in [2.45, 2.75) is 76.5 Å². The number of nitrogens with one attached hydrogen (secondary N) is 3. The summed E-state index contributed by atoms with van der Waals surface area (Å²) in [4.78, 5) is 66.1. The van der Waals surface area contributed by atoms with Crippen molar-refractivity contribution in [2.75, 3.05) is 6.54 Å². The first-order valence-electron chi connectivity index (χ1n) is 13.1. The van der Waals surface area contributed by atoms with Gasteiger partial charge in [-0.2, -0.15) is 0 Å². The van der Waals surface area contributed by atoms with Gasteiger partial charge in [0.1, 0.15) is 18.1 Å². The topological polar surface area (TPSA) is 258 Å². The zero-order valence-electron chi connectivity index (χ0n) is 23.0. The lowest BCUT2D eigenvalue weighted by molar-refractivity contribution is -0.142. The molecule has 0 heterocycles. The molecule has 14 nitrogen and oxygen atoms in total. The molecule has 0 radical (unpaired) electrons. The van der Waals surface area contributed by atoms with Gasteiger partial charge >= 0.3 is 5.97 Å². The van der Waals surface area contributed by atoms with Gasteiger partial charge in [-0.15, -0.1) is 0 Å². The second kappa shape index (κ2) is 17.4. The van der Waals surface area contributed by atoms with Gasteiger partial charge in [-0.05, 0) is 37.2 Å². The first-order chi connectivity index (χ1) is 18.8. The van der Waals surface area contributed by atoms with E-state index in [0.717, 1.165) is 5.56 Å². The normalized spacial score (nSPS) is 14.5. The molecule has 14 heteroatoms. The molecule has 4 amide bonds. The largest absolute Gasteiger partial charge is 0.480 e. The number of aliphatic imine (C=N–C) groups is 1. The van der Waals surface area contributed by atoms with Crippen LogP contribution in [0.5, 0.6) is 0 Å². The fourth-order valence-electron chi connectivity index (χ4n) is 3.77. The molecular weight excluding hydrogens is 520 g/mol. The summed E-state index contributed by atoms with van der Waals surface area (Å²) >= 11 is 0. The molecule has 1 rings (SSSR count). The van der Waals surface area contributed by atoms with E-state index in [1.807, 2.05) is 37.3 Å². The Morgan fingerprint density at radius 3 is 2.08 bits per heavy atom. The SMILES string of the molecule is CCC(C)C(NC(=O)C(N)Cc1ccccc1)C(=O)NC(CCC(N)=O)C(=O)NC(CCCN=C(N)N)C(=O)O. The van der Waals surface area contributed by atoms with E-state index in [1.165, 1.54) is 0 Å². The van der Waals surface area contributed by atoms with E-state index in [2.05, 4.69) is 20.9 Å². The van der Waals surface area contributed by atoms with Gasteiger partial charge < -0.3 is 44.0 Å². The lowest BCUT2D eigenvalue weighted by Gasteiger charge is -2.28. The number of hydrogen-bond acceptors (Lipinski definition) is 7. The van der Waals surface area contributed by atoms with Gasteiger partial charge in [-0.25, -0.2) is 4.79 Å². The van der Waals surface area contributed by atoms with Crippen LogP contribution in [-0.4, -0.2) is 71.4 Å². The maximum Gasteiger partial charge on any atom is 0.326 e. The Kier molecular flexibility index (Phi) is 14.7. The summed E-state index contributed by atoms with van der Waals surface area (Å²) < 4.78 is 0. The number of primary amides is 1. The Balaban J connectivity index is 2.99. The Bertz CT molecular complexity index is 1030. The molecule has 222 valence electrons. The van der Waals surface area contributed by atoms with E-state index in [-0.39, 0.29) is 50.5 Å². The molecule has 40 heavy (non-hydrogen) atoms. The number of amides is 4. The number of carbonyl (C=O) groups is 5. The molecule has 0 spiro atoms. The third-order valence-electron chi connectivity index (χ3n) is 6.30. The van der Waals surface area contributed by atoms with Crippen LogP contribution in [0.15, 0.2) is 35.3 Å². The van der Waals surface area contributed by atoms with Crippen molar-refractivity contribution < 1.29 is 29.1 Å². The van der Waals surface area contributed by atoms with Crippen molar-refractivity contribution in [2.24, 2.45) is 33.8 Å². The average Bonchev–Trinajstić information content (AvgIpc) is 2.90. The first kappa shape index (κ1) is 33.8. The van der Waals surface area contributed by atoms with E-state index < -0.39 is 53.8 Å². The molecule has 0 saturated carbocycles. The zero-order valence-corrected chi connectivity index (χ0v) is 23.0. The van der Waals surface area contributed by atoms with Crippen molar-refractivity contribution in [3.05, 3.63) is 35.9 Å². The maximum absolute atomic E-state index is 13.3. The van der Waals surface area contributed by atoms with Crippen molar-refractivity contribution in [1.29, 1.82) is 0 Å². The van der Waals surface area contributed by atoms with Gasteiger partial charge in [0.05, 0.1) is 6.04 Å². The molecule has 5 unspecified atom stereocenters. The molecule has 0 aliphatic carbocycles. The number of guanidine groups is 1. The highest BCUT2D eigenvalue weighted by Gasteiger charge is 2.32. The van der Waals surface area contributed by atoms with Crippen LogP contribution in [0.25, 0.3) is 0 Å². The molecule has 12 N–H and O–H groups in total. The minimum absolute atomic E-state index is 0.0131. The van der Waals surface area contributed by atoms with E-state index in [1.54, 1.807) is 6.92 Å². The van der Waals surface area contributed by atoms with Crippen molar-refractivity contribution >= 4 is 35.6 Å². The minimum atomic E-state index is -1.30. The van der Waals surface area contributed by atoms with Crippen LogP contribution in [0.2, 0.25) is 0 Å². The molecule has 0 bridgehead atoms. The molecule has 0 aromatic heterocycles. The van der Waals surface area contributed by atoms with Crippen LogP contribution in [0, 0.1) is 5.92 Å². The fraction of sp³-hybridized carbons (Fsp3) is 0.538. The van der Waals surface area contributed by atoms with E-state index >= 15 is 0 Å². The number of carboxylic acids is 1. The fourth-order valence-corrected chi connectivity index (χ4v) is 3.77. The summed E-state index contributed by atoms with van der Waals surface area (Å²) in [5, 5.41) is 17.1. The van der Waals surface area contributed by atoms with E-state index in [9.17, 15) is 29.1 Å². The van der Waals surface area contributed by atoms with Crippen LogP contribution in [0.4, 0.5) is 0 Å². The van der Waals surface area contributed by atoms with Gasteiger partial charge in [0, 0.05) is 13.0 Å². The first-order valence-corrected chi connectivity index (χ1v) is 13.1. The van der Waals surface area contributed by atoms with Crippen molar-refractivity contribution in [3.8, 4) is 0 Å². The second-order valence-corrected chi connectivity index (χ2v) is 9.58. The quantitative estimate of drug-likeness (QED) is 0.0585. The smallest absolute Gasteiger partial charge is 0.326 e. The number of nitrogens with two attached hydrogens (primary N) is 4. The van der Waals surface area contributed by atoms with Crippen LogP contribution >= 0.6 is 0 Å². The highest BCUT2D eigenvalue weighted by Crippen LogP contribution is 2.11. The van der Waals surface area contributed by atoms with Gasteiger partial charge in [-0.1, -0.05) is 50.6 Å². The summed E-state index contributed by atoms with van der Waals surface area (Å²) in [5.74, 6) is -4.54. The Labute approximate surface area is 233 Å². The minimum Gasteiger partial charge on any atom is -0.480 e. The molecule has 0 aliphatic heterocycles.